The number of rotatable bonds is 5. The van der Waals surface area contributed by atoms with Gasteiger partial charge in [0.15, 0.2) is 5.43 Å². The van der Waals surface area contributed by atoms with E-state index in [1.54, 1.807) is 31.4 Å². The van der Waals surface area contributed by atoms with Gasteiger partial charge in [-0.25, -0.2) is 0 Å². The summed E-state index contributed by atoms with van der Waals surface area (Å²) in [6.07, 6.45) is -5.65. The number of methoxy groups -OCH3 is 1. The van der Waals surface area contributed by atoms with E-state index in [0.717, 1.165) is 0 Å². The Morgan fingerprint density at radius 3 is 2.35 bits per heavy atom. The summed E-state index contributed by atoms with van der Waals surface area (Å²) in [5.41, 5.74) is 1.09. The van der Waals surface area contributed by atoms with Crippen LogP contribution in [-0.4, -0.2) is 64.8 Å². The highest BCUT2D eigenvalue weighted by Crippen LogP contribution is 2.28. The van der Waals surface area contributed by atoms with E-state index in [1.165, 1.54) is 24.5 Å². The molecule has 0 spiro atoms. The van der Waals surface area contributed by atoms with Crippen LogP contribution in [0.2, 0.25) is 0 Å². The zero-order chi connectivity index (χ0) is 22.1. The van der Waals surface area contributed by atoms with Crippen LogP contribution in [0.25, 0.3) is 22.1 Å². The third-order valence-corrected chi connectivity index (χ3v) is 5.25. The lowest BCUT2D eigenvalue weighted by Crippen LogP contribution is -2.60. The molecule has 0 radical (unpaired) electrons. The maximum atomic E-state index is 12.9. The molecule has 4 rings (SSSR count). The van der Waals surface area contributed by atoms with Crippen molar-refractivity contribution in [3.05, 3.63) is 59.0 Å². The fraction of sp³-hybridized carbons (Fsp3) is 0.318. The predicted molar refractivity (Wildman–Crippen MR) is 109 cm³/mol. The maximum Gasteiger partial charge on any atom is 0.229 e. The Labute approximate surface area is 176 Å². The van der Waals surface area contributed by atoms with Crippen LogP contribution in [0.4, 0.5) is 0 Å². The van der Waals surface area contributed by atoms with Gasteiger partial charge in [0.1, 0.15) is 47.8 Å². The molecule has 1 aromatic heterocycles. The van der Waals surface area contributed by atoms with E-state index >= 15 is 0 Å². The SMILES string of the molecule is COc1ccc(-c2coc3cc(O[C@H]4O[C@@H](CO)[C@@H](O)[C@@H](O)[C@H]4O)ccc3c2=O)cc1. The van der Waals surface area contributed by atoms with Crippen molar-refractivity contribution in [2.45, 2.75) is 30.7 Å². The van der Waals surface area contributed by atoms with Gasteiger partial charge in [0.05, 0.1) is 24.7 Å². The number of hydrogen-bond donors (Lipinski definition) is 4. The molecule has 3 aromatic rings. The lowest BCUT2D eigenvalue weighted by molar-refractivity contribution is -0.277. The monoisotopic (exact) mass is 430 g/mol. The first-order chi connectivity index (χ1) is 14.9. The molecule has 9 heteroatoms. The predicted octanol–water partition coefficient (Wildman–Crippen LogP) is 0.647. The number of aliphatic hydroxyl groups excluding tert-OH is 4. The van der Waals surface area contributed by atoms with Gasteiger partial charge < -0.3 is 39.1 Å². The van der Waals surface area contributed by atoms with Crippen molar-refractivity contribution in [2.75, 3.05) is 13.7 Å². The lowest BCUT2D eigenvalue weighted by Gasteiger charge is -2.39. The van der Waals surface area contributed by atoms with E-state index in [1.807, 2.05) is 0 Å². The summed E-state index contributed by atoms with van der Waals surface area (Å²) in [6.45, 7) is -0.564. The highest BCUT2D eigenvalue weighted by Gasteiger charge is 2.44. The molecule has 9 nitrogen and oxygen atoms in total. The average molecular weight is 430 g/mol. The Morgan fingerprint density at radius 2 is 1.68 bits per heavy atom. The largest absolute Gasteiger partial charge is 0.497 e. The molecule has 2 heterocycles. The van der Waals surface area contributed by atoms with E-state index < -0.39 is 37.3 Å². The van der Waals surface area contributed by atoms with Crippen LogP contribution >= 0.6 is 0 Å². The maximum absolute atomic E-state index is 12.9. The van der Waals surface area contributed by atoms with Crippen LogP contribution in [0, 0.1) is 0 Å². The zero-order valence-corrected chi connectivity index (χ0v) is 16.5. The average Bonchev–Trinajstić information content (AvgIpc) is 2.80. The van der Waals surface area contributed by atoms with Gasteiger partial charge in [0.2, 0.25) is 6.29 Å². The summed E-state index contributed by atoms with van der Waals surface area (Å²) in [5, 5.41) is 39.5. The Bertz CT molecular complexity index is 1110. The van der Waals surface area contributed by atoms with Gasteiger partial charge in [-0.15, -0.1) is 0 Å². The van der Waals surface area contributed by atoms with Crippen molar-refractivity contribution in [3.8, 4) is 22.6 Å². The second-order valence-corrected chi connectivity index (χ2v) is 7.18. The van der Waals surface area contributed by atoms with Crippen LogP contribution < -0.4 is 14.9 Å². The fourth-order valence-electron chi connectivity index (χ4n) is 3.45. The number of fused-ring (bicyclic) bond motifs is 1. The molecule has 0 aliphatic carbocycles. The molecular formula is C22H22O9. The molecule has 1 aliphatic heterocycles. The smallest absolute Gasteiger partial charge is 0.229 e. The number of hydrogen-bond acceptors (Lipinski definition) is 9. The van der Waals surface area contributed by atoms with Crippen molar-refractivity contribution in [1.29, 1.82) is 0 Å². The van der Waals surface area contributed by atoms with Gasteiger partial charge >= 0.3 is 0 Å². The normalized spacial score (nSPS) is 26.0. The molecule has 4 N–H and O–H groups in total. The van der Waals surface area contributed by atoms with Crippen molar-refractivity contribution >= 4 is 11.0 Å². The molecule has 5 atom stereocenters. The van der Waals surface area contributed by atoms with Crippen LogP contribution in [-0.2, 0) is 4.74 Å². The third kappa shape index (κ3) is 4.01. The molecule has 2 aromatic carbocycles. The number of ether oxygens (including phenoxy) is 3. The Kier molecular flexibility index (Phi) is 5.94. The Balaban J connectivity index is 1.61. The molecule has 0 amide bonds. The van der Waals surface area contributed by atoms with Crippen LogP contribution in [0.5, 0.6) is 11.5 Å². The first-order valence-corrected chi connectivity index (χ1v) is 9.60. The van der Waals surface area contributed by atoms with Crippen molar-refractivity contribution in [3.63, 3.8) is 0 Å². The quantitative estimate of drug-likeness (QED) is 0.459. The van der Waals surface area contributed by atoms with Gasteiger partial charge in [0, 0.05) is 6.07 Å². The first-order valence-electron chi connectivity index (χ1n) is 9.60. The van der Waals surface area contributed by atoms with Gasteiger partial charge in [-0.3, -0.25) is 4.79 Å². The summed E-state index contributed by atoms with van der Waals surface area (Å²) < 4.78 is 21.7. The van der Waals surface area contributed by atoms with E-state index in [2.05, 4.69) is 0 Å². The highest BCUT2D eigenvalue weighted by molar-refractivity contribution is 5.82. The van der Waals surface area contributed by atoms with E-state index in [0.29, 0.717) is 22.3 Å². The van der Waals surface area contributed by atoms with Gasteiger partial charge in [-0.1, -0.05) is 12.1 Å². The Hall–Kier alpha value is -2.95. The second-order valence-electron chi connectivity index (χ2n) is 7.18. The summed E-state index contributed by atoms with van der Waals surface area (Å²) in [4.78, 5) is 12.9. The molecule has 1 fully saturated rings. The van der Waals surface area contributed by atoms with Crippen LogP contribution in [0.3, 0.4) is 0 Å². The lowest BCUT2D eigenvalue weighted by atomic mass is 9.99. The van der Waals surface area contributed by atoms with E-state index in [4.69, 9.17) is 18.6 Å². The van der Waals surface area contributed by atoms with E-state index in [-0.39, 0.29) is 16.8 Å². The second kappa shape index (κ2) is 8.66. The Morgan fingerprint density at radius 1 is 0.968 bits per heavy atom. The molecule has 164 valence electrons. The first kappa shape index (κ1) is 21.3. The van der Waals surface area contributed by atoms with Crippen LogP contribution in [0.1, 0.15) is 0 Å². The van der Waals surface area contributed by atoms with Crippen molar-refractivity contribution < 1.29 is 39.1 Å². The third-order valence-electron chi connectivity index (χ3n) is 5.25. The molecule has 0 unspecified atom stereocenters. The molecule has 1 saturated heterocycles. The summed E-state index contributed by atoms with van der Waals surface area (Å²) >= 11 is 0. The van der Waals surface area contributed by atoms with Crippen LogP contribution in [0.15, 0.2) is 57.9 Å². The minimum absolute atomic E-state index is 0.206. The standard InChI is InChI=1S/C22H22O9/c1-28-12-4-2-11(3-5-12)15-10-29-16-8-13(6-7-14(16)18(15)24)30-22-21(27)20(26)19(25)17(9-23)31-22/h2-8,10,17,19-23,25-27H,9H2,1H3/t17-,19+,20+,21+,22-/m0/s1. The summed E-state index contributed by atoms with van der Waals surface area (Å²) in [7, 11) is 1.56. The fourth-order valence-corrected chi connectivity index (χ4v) is 3.45. The number of benzene rings is 2. The molecular weight excluding hydrogens is 408 g/mol. The van der Waals surface area contributed by atoms with Gasteiger partial charge in [-0.05, 0) is 29.8 Å². The number of aliphatic hydroxyl groups is 4. The molecule has 0 saturated carbocycles. The summed E-state index contributed by atoms with van der Waals surface area (Å²) in [6, 6.07) is 11.5. The van der Waals surface area contributed by atoms with Gasteiger partial charge in [-0.2, -0.15) is 0 Å². The van der Waals surface area contributed by atoms with Crippen molar-refractivity contribution in [2.24, 2.45) is 0 Å². The molecule has 31 heavy (non-hydrogen) atoms. The summed E-state index contributed by atoms with van der Waals surface area (Å²) in [5.74, 6) is 0.876. The minimum atomic E-state index is -1.55. The zero-order valence-electron chi connectivity index (χ0n) is 16.5. The van der Waals surface area contributed by atoms with Gasteiger partial charge in [0.25, 0.3) is 0 Å². The molecule has 0 bridgehead atoms. The van der Waals surface area contributed by atoms with Crippen molar-refractivity contribution in [1.82, 2.24) is 0 Å². The highest BCUT2D eigenvalue weighted by atomic mass is 16.7. The topological polar surface area (TPSA) is 139 Å². The van der Waals surface area contributed by atoms with E-state index in [9.17, 15) is 25.2 Å². The minimum Gasteiger partial charge on any atom is -0.497 e. The molecule has 1 aliphatic rings.